The van der Waals surface area contributed by atoms with E-state index >= 15 is 0 Å². The van der Waals surface area contributed by atoms with Crippen LogP contribution in [0, 0.1) is 5.82 Å². The van der Waals surface area contributed by atoms with Gasteiger partial charge in [-0.2, -0.15) is 0 Å². The lowest BCUT2D eigenvalue weighted by Gasteiger charge is -2.02. The zero-order valence-electron chi connectivity index (χ0n) is 7.25. The number of nitrogens with two attached hydrogens (primary N) is 1. The summed E-state index contributed by atoms with van der Waals surface area (Å²) in [4.78, 5) is 0. The number of halogens is 1. The van der Waals surface area contributed by atoms with Crippen LogP contribution >= 0.6 is 11.3 Å². The van der Waals surface area contributed by atoms with E-state index in [2.05, 4.69) is 0 Å². The molecule has 3 heteroatoms. The molecule has 0 bridgehead atoms. The van der Waals surface area contributed by atoms with Crippen LogP contribution in [0.3, 0.4) is 0 Å². The van der Waals surface area contributed by atoms with Gasteiger partial charge < -0.3 is 5.73 Å². The van der Waals surface area contributed by atoms with Crippen molar-refractivity contribution in [2.45, 2.75) is 13.0 Å². The van der Waals surface area contributed by atoms with Gasteiger partial charge in [-0.3, -0.25) is 0 Å². The SMILES string of the molecule is CC(N)c1csc2c(F)cccc12. The van der Waals surface area contributed by atoms with Crippen LogP contribution in [0.1, 0.15) is 18.5 Å². The quantitative estimate of drug-likeness (QED) is 0.743. The van der Waals surface area contributed by atoms with Crippen LogP contribution in [0.5, 0.6) is 0 Å². The van der Waals surface area contributed by atoms with E-state index in [9.17, 15) is 4.39 Å². The van der Waals surface area contributed by atoms with Crippen molar-refractivity contribution in [3.63, 3.8) is 0 Å². The average Bonchev–Trinajstić information content (AvgIpc) is 2.48. The lowest BCUT2D eigenvalue weighted by molar-refractivity contribution is 0.641. The first kappa shape index (κ1) is 8.66. The smallest absolute Gasteiger partial charge is 0.140 e. The van der Waals surface area contributed by atoms with E-state index in [1.54, 1.807) is 6.07 Å². The number of hydrogen-bond donors (Lipinski definition) is 1. The van der Waals surface area contributed by atoms with Crippen LogP contribution in [0.25, 0.3) is 10.1 Å². The van der Waals surface area contributed by atoms with E-state index < -0.39 is 0 Å². The van der Waals surface area contributed by atoms with Crippen molar-refractivity contribution in [1.82, 2.24) is 0 Å². The van der Waals surface area contributed by atoms with Crippen molar-refractivity contribution in [2.24, 2.45) is 5.73 Å². The van der Waals surface area contributed by atoms with Gasteiger partial charge in [-0.15, -0.1) is 11.3 Å². The monoisotopic (exact) mass is 195 g/mol. The standard InChI is InChI=1S/C10H10FNS/c1-6(12)8-5-13-10-7(8)3-2-4-9(10)11/h2-6H,12H2,1H3. The van der Waals surface area contributed by atoms with Crippen LogP contribution in [0.15, 0.2) is 23.6 Å². The van der Waals surface area contributed by atoms with Crippen LogP contribution in [0.2, 0.25) is 0 Å². The first-order chi connectivity index (χ1) is 6.20. The fraction of sp³-hybridized carbons (Fsp3) is 0.200. The molecule has 1 unspecified atom stereocenters. The van der Waals surface area contributed by atoms with Crippen molar-refractivity contribution in [3.8, 4) is 0 Å². The Hall–Kier alpha value is -0.930. The molecule has 2 rings (SSSR count). The number of fused-ring (bicyclic) bond motifs is 1. The van der Waals surface area contributed by atoms with E-state index in [0.717, 1.165) is 10.9 Å². The molecule has 0 aliphatic carbocycles. The molecule has 68 valence electrons. The average molecular weight is 195 g/mol. The molecule has 0 saturated heterocycles. The van der Waals surface area contributed by atoms with Crippen molar-refractivity contribution in [3.05, 3.63) is 35.0 Å². The van der Waals surface area contributed by atoms with Gasteiger partial charge in [0, 0.05) is 11.4 Å². The minimum absolute atomic E-state index is 0.0319. The van der Waals surface area contributed by atoms with Gasteiger partial charge in [0.25, 0.3) is 0 Å². The zero-order valence-corrected chi connectivity index (χ0v) is 8.07. The van der Waals surface area contributed by atoms with Gasteiger partial charge in [0.2, 0.25) is 0 Å². The highest BCUT2D eigenvalue weighted by atomic mass is 32.1. The molecule has 0 amide bonds. The Bertz CT molecular complexity index is 433. The third-order valence-electron chi connectivity index (χ3n) is 2.07. The predicted octanol–water partition coefficient (Wildman–Crippen LogP) is 3.06. The lowest BCUT2D eigenvalue weighted by Crippen LogP contribution is -2.03. The third kappa shape index (κ3) is 1.34. The maximum absolute atomic E-state index is 13.2. The highest BCUT2D eigenvalue weighted by Gasteiger charge is 2.09. The van der Waals surface area contributed by atoms with Gasteiger partial charge in [-0.1, -0.05) is 12.1 Å². The summed E-state index contributed by atoms with van der Waals surface area (Å²) in [5, 5.41) is 2.87. The summed E-state index contributed by atoms with van der Waals surface area (Å²) < 4.78 is 13.9. The van der Waals surface area contributed by atoms with Gasteiger partial charge in [0.05, 0.1) is 4.70 Å². The maximum atomic E-state index is 13.2. The largest absolute Gasteiger partial charge is 0.324 e. The first-order valence-electron chi connectivity index (χ1n) is 4.11. The predicted molar refractivity (Wildman–Crippen MR) is 54.4 cm³/mol. The molecule has 0 fully saturated rings. The fourth-order valence-electron chi connectivity index (χ4n) is 1.39. The number of benzene rings is 1. The van der Waals surface area contributed by atoms with Crippen molar-refractivity contribution < 1.29 is 4.39 Å². The summed E-state index contributed by atoms with van der Waals surface area (Å²) in [7, 11) is 0. The Morgan fingerprint density at radius 1 is 1.46 bits per heavy atom. The summed E-state index contributed by atoms with van der Waals surface area (Å²) in [6, 6.07) is 5.07. The molecule has 1 atom stereocenters. The molecule has 1 aromatic carbocycles. The molecular weight excluding hydrogens is 185 g/mol. The Balaban J connectivity index is 2.75. The Kier molecular flexibility index (Phi) is 2.06. The summed E-state index contributed by atoms with van der Waals surface area (Å²) in [5.74, 6) is -0.158. The van der Waals surface area contributed by atoms with Gasteiger partial charge in [-0.05, 0) is 23.9 Å². The maximum Gasteiger partial charge on any atom is 0.140 e. The van der Waals surface area contributed by atoms with Crippen LogP contribution < -0.4 is 5.73 Å². The van der Waals surface area contributed by atoms with E-state index in [1.807, 2.05) is 18.4 Å². The van der Waals surface area contributed by atoms with E-state index in [4.69, 9.17) is 5.73 Å². The van der Waals surface area contributed by atoms with E-state index in [-0.39, 0.29) is 11.9 Å². The molecule has 1 nitrogen and oxygen atoms in total. The highest BCUT2D eigenvalue weighted by Crippen LogP contribution is 2.30. The Morgan fingerprint density at radius 2 is 2.23 bits per heavy atom. The number of thiophene rings is 1. The van der Waals surface area contributed by atoms with Crippen molar-refractivity contribution >= 4 is 21.4 Å². The van der Waals surface area contributed by atoms with Gasteiger partial charge in [0.1, 0.15) is 5.82 Å². The van der Waals surface area contributed by atoms with Crippen LogP contribution in [-0.2, 0) is 0 Å². The topological polar surface area (TPSA) is 26.0 Å². The molecule has 0 spiro atoms. The second kappa shape index (κ2) is 3.09. The molecule has 2 aromatic rings. The fourth-order valence-corrected chi connectivity index (χ4v) is 2.47. The van der Waals surface area contributed by atoms with E-state index in [1.165, 1.54) is 17.4 Å². The summed E-state index contributed by atoms with van der Waals surface area (Å²) >= 11 is 1.41. The molecule has 1 heterocycles. The molecule has 2 N–H and O–H groups in total. The zero-order chi connectivity index (χ0) is 9.42. The Labute approximate surface area is 80.0 Å². The third-order valence-corrected chi connectivity index (χ3v) is 3.09. The van der Waals surface area contributed by atoms with Gasteiger partial charge in [0.15, 0.2) is 0 Å². The van der Waals surface area contributed by atoms with Gasteiger partial charge in [-0.25, -0.2) is 4.39 Å². The summed E-state index contributed by atoms with van der Waals surface area (Å²) in [5.41, 5.74) is 6.79. The molecule has 1 aromatic heterocycles. The van der Waals surface area contributed by atoms with Crippen LogP contribution in [-0.4, -0.2) is 0 Å². The second-order valence-corrected chi connectivity index (χ2v) is 3.98. The second-order valence-electron chi connectivity index (χ2n) is 3.10. The molecular formula is C10H10FNS. The van der Waals surface area contributed by atoms with E-state index in [0.29, 0.717) is 4.70 Å². The highest BCUT2D eigenvalue weighted by molar-refractivity contribution is 7.17. The molecule has 0 saturated carbocycles. The first-order valence-corrected chi connectivity index (χ1v) is 4.99. The number of hydrogen-bond acceptors (Lipinski definition) is 2. The minimum atomic E-state index is -0.158. The summed E-state index contributed by atoms with van der Waals surface area (Å²) in [6.07, 6.45) is 0. The lowest BCUT2D eigenvalue weighted by atomic mass is 10.1. The molecule has 0 radical (unpaired) electrons. The molecule has 0 aliphatic rings. The van der Waals surface area contributed by atoms with Crippen molar-refractivity contribution in [2.75, 3.05) is 0 Å². The molecule has 13 heavy (non-hydrogen) atoms. The minimum Gasteiger partial charge on any atom is -0.324 e. The van der Waals surface area contributed by atoms with Crippen molar-refractivity contribution in [1.29, 1.82) is 0 Å². The molecule has 0 aliphatic heterocycles. The van der Waals surface area contributed by atoms with Crippen LogP contribution in [0.4, 0.5) is 4.39 Å². The van der Waals surface area contributed by atoms with Gasteiger partial charge >= 0.3 is 0 Å². The Morgan fingerprint density at radius 3 is 2.92 bits per heavy atom. The summed E-state index contributed by atoms with van der Waals surface area (Å²) in [6.45, 7) is 1.91. The number of rotatable bonds is 1. The normalized spacial score (nSPS) is 13.5.